The molecule has 0 aliphatic rings. The third kappa shape index (κ3) is 8.08. The van der Waals surface area contributed by atoms with Gasteiger partial charge in [0.1, 0.15) is 12.4 Å². The van der Waals surface area contributed by atoms with Gasteiger partial charge in [-0.2, -0.15) is 0 Å². The number of unbranched alkanes of at least 4 members (excludes halogenated alkanes) is 5. The summed E-state index contributed by atoms with van der Waals surface area (Å²) in [7, 11) is 0. The van der Waals surface area contributed by atoms with Crippen LogP contribution < -0.4 is 4.74 Å². The van der Waals surface area contributed by atoms with E-state index in [4.69, 9.17) is 9.47 Å². The molecule has 0 amide bonds. The monoisotopic (exact) mass is 294 g/mol. The second-order valence-corrected chi connectivity index (χ2v) is 5.50. The molecule has 1 aromatic carbocycles. The summed E-state index contributed by atoms with van der Waals surface area (Å²) >= 11 is 0. The highest BCUT2D eigenvalue weighted by Crippen LogP contribution is 2.20. The zero-order valence-electron chi connectivity index (χ0n) is 13.5. The van der Waals surface area contributed by atoms with Gasteiger partial charge in [0.25, 0.3) is 0 Å². The first-order chi connectivity index (χ1) is 10.2. The molecule has 21 heavy (non-hydrogen) atoms. The van der Waals surface area contributed by atoms with E-state index in [9.17, 15) is 5.11 Å². The number of rotatable bonds is 12. The van der Waals surface area contributed by atoms with E-state index in [-0.39, 0.29) is 6.61 Å². The SMILES string of the molecule is CCCCCCCCC(O)(COc1ccccc1)OCC. The van der Waals surface area contributed by atoms with Gasteiger partial charge in [0.2, 0.25) is 0 Å². The molecule has 0 radical (unpaired) electrons. The number of hydrogen-bond acceptors (Lipinski definition) is 3. The first kappa shape index (κ1) is 18.0. The van der Waals surface area contributed by atoms with Crippen molar-refractivity contribution in [1.29, 1.82) is 0 Å². The van der Waals surface area contributed by atoms with Gasteiger partial charge in [-0.3, -0.25) is 0 Å². The summed E-state index contributed by atoms with van der Waals surface area (Å²) in [5.74, 6) is -0.409. The van der Waals surface area contributed by atoms with Crippen molar-refractivity contribution in [3.05, 3.63) is 30.3 Å². The molecule has 0 saturated carbocycles. The Kier molecular flexibility index (Phi) is 9.11. The predicted octanol–water partition coefficient (Wildman–Crippen LogP) is 4.54. The average Bonchev–Trinajstić information content (AvgIpc) is 2.50. The van der Waals surface area contributed by atoms with Gasteiger partial charge in [0.05, 0.1) is 0 Å². The number of ether oxygens (including phenoxy) is 2. The Balaban J connectivity index is 2.31. The number of aliphatic hydroxyl groups is 1. The summed E-state index contributed by atoms with van der Waals surface area (Å²) < 4.78 is 11.2. The normalized spacial score (nSPS) is 13.9. The molecule has 0 spiro atoms. The van der Waals surface area contributed by atoms with Crippen LogP contribution in [0, 0.1) is 0 Å². The van der Waals surface area contributed by atoms with Crippen LogP contribution in [0.4, 0.5) is 0 Å². The molecule has 1 unspecified atom stereocenters. The highest BCUT2D eigenvalue weighted by molar-refractivity contribution is 5.20. The summed E-state index contributed by atoms with van der Waals surface area (Å²) in [6.07, 6.45) is 7.80. The van der Waals surface area contributed by atoms with Crippen LogP contribution in [-0.2, 0) is 4.74 Å². The Labute approximate surface area is 129 Å². The van der Waals surface area contributed by atoms with E-state index in [0.29, 0.717) is 13.0 Å². The molecule has 0 fully saturated rings. The Morgan fingerprint density at radius 2 is 1.62 bits per heavy atom. The molecular weight excluding hydrogens is 264 g/mol. The molecule has 1 N–H and O–H groups in total. The van der Waals surface area contributed by atoms with E-state index >= 15 is 0 Å². The Bertz CT molecular complexity index is 353. The van der Waals surface area contributed by atoms with Crippen LogP contribution in [0.5, 0.6) is 5.75 Å². The highest BCUT2D eigenvalue weighted by Gasteiger charge is 2.27. The maximum Gasteiger partial charge on any atom is 0.200 e. The minimum absolute atomic E-state index is 0.180. The first-order valence-corrected chi connectivity index (χ1v) is 8.24. The molecule has 3 nitrogen and oxygen atoms in total. The summed E-state index contributed by atoms with van der Waals surface area (Å²) in [5, 5.41) is 10.5. The van der Waals surface area contributed by atoms with Gasteiger partial charge in [-0.05, 0) is 25.5 Å². The molecule has 0 aromatic heterocycles. The van der Waals surface area contributed by atoms with Crippen LogP contribution >= 0.6 is 0 Å². The van der Waals surface area contributed by atoms with Crippen molar-refractivity contribution in [2.24, 2.45) is 0 Å². The molecule has 1 rings (SSSR count). The average molecular weight is 294 g/mol. The van der Waals surface area contributed by atoms with Crippen LogP contribution in [0.15, 0.2) is 30.3 Å². The van der Waals surface area contributed by atoms with Gasteiger partial charge in [0.15, 0.2) is 5.79 Å². The van der Waals surface area contributed by atoms with E-state index in [1.54, 1.807) is 0 Å². The topological polar surface area (TPSA) is 38.7 Å². The van der Waals surface area contributed by atoms with Crippen LogP contribution in [0.2, 0.25) is 0 Å². The number of hydrogen-bond donors (Lipinski definition) is 1. The van der Waals surface area contributed by atoms with Crippen molar-refractivity contribution in [2.75, 3.05) is 13.2 Å². The van der Waals surface area contributed by atoms with Crippen LogP contribution in [0.3, 0.4) is 0 Å². The Morgan fingerprint density at radius 1 is 0.952 bits per heavy atom. The van der Waals surface area contributed by atoms with Crippen molar-refractivity contribution < 1.29 is 14.6 Å². The van der Waals surface area contributed by atoms with Crippen molar-refractivity contribution in [3.63, 3.8) is 0 Å². The van der Waals surface area contributed by atoms with Crippen LogP contribution in [0.1, 0.15) is 58.8 Å². The quantitative estimate of drug-likeness (QED) is 0.454. The van der Waals surface area contributed by atoms with E-state index in [0.717, 1.165) is 18.6 Å². The maximum absolute atomic E-state index is 10.5. The minimum atomic E-state index is -1.17. The highest BCUT2D eigenvalue weighted by atomic mass is 16.6. The van der Waals surface area contributed by atoms with E-state index in [1.165, 1.54) is 25.7 Å². The van der Waals surface area contributed by atoms with E-state index in [1.807, 2.05) is 37.3 Å². The molecular formula is C18H30O3. The van der Waals surface area contributed by atoms with Crippen molar-refractivity contribution in [1.82, 2.24) is 0 Å². The largest absolute Gasteiger partial charge is 0.488 e. The van der Waals surface area contributed by atoms with Crippen molar-refractivity contribution in [3.8, 4) is 5.75 Å². The third-order valence-electron chi connectivity index (χ3n) is 3.54. The second kappa shape index (κ2) is 10.6. The molecule has 120 valence electrons. The van der Waals surface area contributed by atoms with Gasteiger partial charge >= 0.3 is 0 Å². The van der Waals surface area contributed by atoms with Gasteiger partial charge in [-0.1, -0.05) is 57.2 Å². The fourth-order valence-corrected chi connectivity index (χ4v) is 2.35. The predicted molar refractivity (Wildman–Crippen MR) is 86.5 cm³/mol. The molecule has 1 atom stereocenters. The molecule has 0 heterocycles. The summed E-state index contributed by atoms with van der Waals surface area (Å²) in [6.45, 7) is 4.79. The number of benzene rings is 1. The summed E-state index contributed by atoms with van der Waals surface area (Å²) in [6, 6.07) is 9.55. The molecule has 3 heteroatoms. The minimum Gasteiger partial charge on any atom is -0.488 e. The fourth-order valence-electron chi connectivity index (χ4n) is 2.35. The third-order valence-corrected chi connectivity index (χ3v) is 3.54. The Morgan fingerprint density at radius 3 is 2.29 bits per heavy atom. The summed E-state index contributed by atoms with van der Waals surface area (Å²) in [5.41, 5.74) is 0. The van der Waals surface area contributed by atoms with Crippen molar-refractivity contribution in [2.45, 2.75) is 64.6 Å². The van der Waals surface area contributed by atoms with E-state index in [2.05, 4.69) is 6.92 Å². The zero-order valence-corrected chi connectivity index (χ0v) is 13.5. The van der Waals surface area contributed by atoms with Crippen molar-refractivity contribution >= 4 is 0 Å². The van der Waals surface area contributed by atoms with Gasteiger partial charge in [-0.25, -0.2) is 0 Å². The lowest BCUT2D eigenvalue weighted by Crippen LogP contribution is -2.39. The zero-order chi connectivity index (χ0) is 15.4. The first-order valence-electron chi connectivity index (χ1n) is 8.24. The van der Waals surface area contributed by atoms with Gasteiger partial charge in [0, 0.05) is 13.0 Å². The second-order valence-electron chi connectivity index (χ2n) is 5.50. The lowest BCUT2D eigenvalue weighted by molar-refractivity contribution is -0.221. The molecule has 0 aliphatic carbocycles. The smallest absolute Gasteiger partial charge is 0.200 e. The fraction of sp³-hybridized carbons (Fsp3) is 0.667. The molecule has 0 bridgehead atoms. The Hall–Kier alpha value is -1.06. The van der Waals surface area contributed by atoms with Gasteiger partial charge < -0.3 is 14.6 Å². The van der Waals surface area contributed by atoms with Crippen LogP contribution in [-0.4, -0.2) is 24.1 Å². The standard InChI is InChI=1S/C18H30O3/c1-3-5-6-7-8-12-15-18(19,21-4-2)16-20-17-13-10-9-11-14-17/h9-11,13-14,19H,3-8,12,15-16H2,1-2H3. The lowest BCUT2D eigenvalue weighted by atomic mass is 10.1. The number of para-hydroxylation sites is 1. The lowest BCUT2D eigenvalue weighted by Gasteiger charge is -2.27. The van der Waals surface area contributed by atoms with Gasteiger partial charge in [-0.15, -0.1) is 0 Å². The molecule has 0 saturated heterocycles. The molecule has 1 aromatic rings. The van der Waals surface area contributed by atoms with E-state index < -0.39 is 5.79 Å². The molecule has 0 aliphatic heterocycles. The maximum atomic E-state index is 10.5. The summed E-state index contributed by atoms with van der Waals surface area (Å²) in [4.78, 5) is 0. The van der Waals surface area contributed by atoms with Crippen LogP contribution in [0.25, 0.3) is 0 Å².